The number of carbonyl (C=O) groups is 3. The lowest BCUT2D eigenvalue weighted by atomic mass is 10.1. The normalized spacial score (nSPS) is 16.2. The summed E-state index contributed by atoms with van der Waals surface area (Å²) in [7, 11) is 0. The summed E-state index contributed by atoms with van der Waals surface area (Å²) in [6.45, 7) is 2.42. The van der Waals surface area contributed by atoms with Crippen LogP contribution in [0.15, 0.2) is 24.3 Å². The summed E-state index contributed by atoms with van der Waals surface area (Å²) in [6.07, 6.45) is 1.38. The molecule has 0 radical (unpaired) electrons. The highest BCUT2D eigenvalue weighted by molar-refractivity contribution is 5.92. The van der Waals surface area contributed by atoms with E-state index in [-0.39, 0.29) is 44.2 Å². The van der Waals surface area contributed by atoms with E-state index in [1.165, 1.54) is 29.2 Å². The fourth-order valence-electron chi connectivity index (χ4n) is 2.66. The molecule has 2 amide bonds. The lowest BCUT2D eigenvalue weighted by Crippen LogP contribution is -2.58. The Kier molecular flexibility index (Phi) is 7.73. The first-order valence-corrected chi connectivity index (χ1v) is 9.02. The maximum atomic E-state index is 12.5. The first-order valence-electron chi connectivity index (χ1n) is 9.02. The molecule has 1 aliphatic heterocycles. The Labute approximate surface area is 161 Å². The molecule has 0 bridgehead atoms. The summed E-state index contributed by atoms with van der Waals surface area (Å²) in [4.78, 5) is 48.0. The van der Waals surface area contributed by atoms with Gasteiger partial charge >= 0.3 is 5.97 Å². The third-order valence-electron chi connectivity index (χ3n) is 4.18. The summed E-state index contributed by atoms with van der Waals surface area (Å²) < 4.78 is 10.4. The van der Waals surface area contributed by atoms with Crippen molar-refractivity contribution in [3.8, 4) is 5.75 Å². The van der Waals surface area contributed by atoms with Gasteiger partial charge in [0.1, 0.15) is 11.8 Å². The second kappa shape index (κ2) is 10.2. The van der Waals surface area contributed by atoms with Crippen molar-refractivity contribution in [3.05, 3.63) is 34.4 Å². The number of benzene rings is 1. The molecule has 1 aromatic carbocycles. The lowest BCUT2D eigenvalue weighted by molar-refractivity contribution is -0.384. The summed E-state index contributed by atoms with van der Waals surface area (Å²) in [5, 5.41) is 13.3. The van der Waals surface area contributed by atoms with E-state index < -0.39 is 28.7 Å². The number of hydrogen-bond acceptors (Lipinski definition) is 7. The number of hydrogen-bond donors (Lipinski definition) is 1. The van der Waals surface area contributed by atoms with Gasteiger partial charge in [-0.2, -0.15) is 0 Å². The number of carbonyl (C=O) groups excluding carboxylic acids is 3. The predicted molar refractivity (Wildman–Crippen MR) is 97.6 cm³/mol. The first-order chi connectivity index (χ1) is 13.4. The van der Waals surface area contributed by atoms with Gasteiger partial charge < -0.3 is 19.7 Å². The van der Waals surface area contributed by atoms with Crippen LogP contribution in [-0.2, 0) is 19.1 Å². The molecule has 1 aromatic rings. The molecule has 1 N–H and O–H groups in total. The van der Waals surface area contributed by atoms with E-state index in [2.05, 4.69) is 5.32 Å². The average molecular weight is 393 g/mol. The molecule has 0 saturated carbocycles. The van der Waals surface area contributed by atoms with Crippen LogP contribution in [0, 0.1) is 10.1 Å². The number of ether oxygens (including phenoxy) is 2. The quantitative estimate of drug-likeness (QED) is 0.287. The Hall–Kier alpha value is -3.17. The molecule has 1 saturated heterocycles. The number of unbranched alkanes of at least 4 members (excludes halogenated alkanes) is 1. The minimum atomic E-state index is -0.948. The van der Waals surface area contributed by atoms with Gasteiger partial charge in [-0.15, -0.1) is 0 Å². The van der Waals surface area contributed by atoms with Crippen LogP contribution >= 0.6 is 0 Å². The first kappa shape index (κ1) is 21.1. The number of non-ortho nitro benzene ring substituents is 1. The Morgan fingerprint density at radius 1 is 1.32 bits per heavy atom. The molecule has 1 fully saturated rings. The molecule has 28 heavy (non-hydrogen) atoms. The van der Waals surface area contributed by atoms with Crippen LogP contribution in [-0.4, -0.2) is 60.0 Å². The summed E-state index contributed by atoms with van der Waals surface area (Å²) in [6, 6.07) is 4.36. The smallest absolute Gasteiger partial charge is 0.308 e. The Morgan fingerprint density at radius 3 is 2.68 bits per heavy atom. The Morgan fingerprint density at radius 2 is 2.04 bits per heavy atom. The highest BCUT2D eigenvalue weighted by atomic mass is 16.6. The van der Waals surface area contributed by atoms with E-state index >= 15 is 0 Å². The Bertz CT molecular complexity index is 720. The number of nitro benzene ring substituents is 1. The van der Waals surface area contributed by atoms with E-state index in [9.17, 15) is 24.5 Å². The topological polar surface area (TPSA) is 128 Å². The maximum absolute atomic E-state index is 12.5. The second-order valence-electron chi connectivity index (χ2n) is 6.21. The zero-order valence-corrected chi connectivity index (χ0v) is 15.6. The molecule has 1 atom stereocenters. The van der Waals surface area contributed by atoms with Gasteiger partial charge in [0.05, 0.1) is 18.0 Å². The van der Waals surface area contributed by atoms with Crippen LogP contribution in [0.2, 0.25) is 0 Å². The Balaban J connectivity index is 1.93. The fourth-order valence-corrected chi connectivity index (χ4v) is 2.66. The van der Waals surface area contributed by atoms with Crippen molar-refractivity contribution in [1.29, 1.82) is 0 Å². The van der Waals surface area contributed by atoms with Crippen molar-refractivity contribution in [3.63, 3.8) is 0 Å². The van der Waals surface area contributed by atoms with Crippen LogP contribution in [0.3, 0.4) is 0 Å². The molecule has 2 rings (SSSR count). The van der Waals surface area contributed by atoms with Gasteiger partial charge in [0.2, 0.25) is 5.91 Å². The number of nitrogens with zero attached hydrogens (tertiary/aromatic N) is 2. The third-order valence-corrected chi connectivity index (χ3v) is 4.18. The van der Waals surface area contributed by atoms with E-state index in [4.69, 9.17) is 9.47 Å². The zero-order valence-electron chi connectivity index (χ0n) is 15.6. The van der Waals surface area contributed by atoms with Gasteiger partial charge in [0, 0.05) is 25.2 Å². The number of amides is 2. The third kappa shape index (κ3) is 5.93. The van der Waals surface area contributed by atoms with E-state index in [1.807, 2.05) is 6.92 Å². The molecule has 0 aliphatic carbocycles. The molecule has 0 aromatic heterocycles. The van der Waals surface area contributed by atoms with Crippen molar-refractivity contribution in [2.75, 3.05) is 26.3 Å². The molecule has 1 heterocycles. The van der Waals surface area contributed by atoms with Crippen LogP contribution in [0.1, 0.15) is 26.2 Å². The number of nitro groups is 1. The highest BCUT2D eigenvalue weighted by Crippen LogP contribution is 2.18. The predicted octanol–water partition coefficient (Wildman–Crippen LogP) is 1.03. The van der Waals surface area contributed by atoms with Gasteiger partial charge in [-0.3, -0.25) is 24.5 Å². The molecule has 10 heteroatoms. The van der Waals surface area contributed by atoms with Gasteiger partial charge in [-0.05, 0) is 18.6 Å². The molecule has 10 nitrogen and oxygen atoms in total. The minimum absolute atomic E-state index is 0.0898. The number of piperazine rings is 1. The van der Waals surface area contributed by atoms with Crippen molar-refractivity contribution in [2.45, 2.75) is 32.2 Å². The van der Waals surface area contributed by atoms with Gasteiger partial charge in [-0.1, -0.05) is 13.3 Å². The summed E-state index contributed by atoms with van der Waals surface area (Å²) in [5.41, 5.74) is -0.0898. The lowest BCUT2D eigenvalue weighted by Gasteiger charge is -2.34. The summed E-state index contributed by atoms with van der Waals surface area (Å²) in [5.74, 6) is -1.12. The van der Waals surface area contributed by atoms with Crippen LogP contribution < -0.4 is 10.1 Å². The van der Waals surface area contributed by atoms with Gasteiger partial charge in [0.15, 0.2) is 6.61 Å². The molecule has 152 valence electrons. The zero-order chi connectivity index (χ0) is 20.5. The minimum Gasteiger partial charge on any atom is -0.484 e. The summed E-state index contributed by atoms with van der Waals surface area (Å²) >= 11 is 0. The molecular formula is C18H23N3O7. The standard InChI is InChI=1S/C18H23N3O7/c1-2-3-10-27-17(23)11-15-18(24)19-8-9-20(15)16(22)12-28-14-6-4-13(5-7-14)21(25)26/h4-7,15H,2-3,8-12H2,1H3,(H,19,24)/t15-/m0/s1. The number of rotatable bonds is 9. The maximum Gasteiger partial charge on any atom is 0.308 e. The van der Waals surface area contributed by atoms with Crippen molar-refractivity contribution in [1.82, 2.24) is 10.2 Å². The largest absolute Gasteiger partial charge is 0.484 e. The van der Waals surface area contributed by atoms with Crippen molar-refractivity contribution in [2.24, 2.45) is 0 Å². The van der Waals surface area contributed by atoms with Crippen LogP contribution in [0.5, 0.6) is 5.75 Å². The second-order valence-corrected chi connectivity index (χ2v) is 6.21. The highest BCUT2D eigenvalue weighted by Gasteiger charge is 2.35. The average Bonchev–Trinajstić information content (AvgIpc) is 2.68. The van der Waals surface area contributed by atoms with Crippen molar-refractivity contribution >= 4 is 23.5 Å². The number of esters is 1. The molecular weight excluding hydrogens is 370 g/mol. The van der Waals surface area contributed by atoms with Crippen LogP contribution in [0.4, 0.5) is 5.69 Å². The van der Waals surface area contributed by atoms with Crippen molar-refractivity contribution < 1.29 is 28.8 Å². The monoisotopic (exact) mass is 393 g/mol. The molecule has 0 spiro atoms. The van der Waals surface area contributed by atoms with Crippen LogP contribution in [0.25, 0.3) is 0 Å². The van der Waals surface area contributed by atoms with Gasteiger partial charge in [0.25, 0.3) is 11.6 Å². The van der Waals surface area contributed by atoms with E-state index in [1.54, 1.807) is 0 Å². The SMILES string of the molecule is CCCCOC(=O)C[C@H]1C(=O)NCCN1C(=O)COc1ccc([N+](=O)[O-])cc1. The van der Waals surface area contributed by atoms with E-state index in [0.717, 1.165) is 12.8 Å². The fraction of sp³-hybridized carbons (Fsp3) is 0.500. The van der Waals surface area contributed by atoms with Gasteiger partial charge in [-0.25, -0.2) is 0 Å². The molecule has 0 unspecified atom stereocenters. The van der Waals surface area contributed by atoms with E-state index in [0.29, 0.717) is 0 Å². The molecule has 1 aliphatic rings. The number of nitrogens with one attached hydrogen (secondary N) is 1.